The molecular formula is C18H17ClN2O2S. The first kappa shape index (κ1) is 16.8. The molecule has 1 aliphatic carbocycles. The molecule has 0 unspecified atom stereocenters. The van der Waals surface area contributed by atoms with Crippen molar-refractivity contribution in [2.24, 2.45) is 5.92 Å². The zero-order valence-electron chi connectivity index (χ0n) is 13.3. The number of nitrogens with zero attached hydrogens (tertiary/aromatic N) is 1. The van der Waals surface area contributed by atoms with E-state index in [9.17, 15) is 10.1 Å². The average molecular weight is 361 g/mol. The van der Waals surface area contributed by atoms with Crippen molar-refractivity contribution in [1.82, 2.24) is 0 Å². The number of ether oxygens (including phenoxy) is 1. The molecule has 1 aliphatic rings. The number of carbonyl (C=O) groups is 1. The Kier molecular flexibility index (Phi) is 5.08. The van der Waals surface area contributed by atoms with Crippen LogP contribution in [-0.4, -0.2) is 12.5 Å². The summed E-state index contributed by atoms with van der Waals surface area (Å²) in [5.74, 6) is 0.794. The van der Waals surface area contributed by atoms with E-state index >= 15 is 0 Å². The van der Waals surface area contributed by atoms with E-state index in [2.05, 4.69) is 18.3 Å². The summed E-state index contributed by atoms with van der Waals surface area (Å²) in [7, 11) is 0. The number of benzene rings is 1. The molecule has 1 atom stereocenters. The second-order valence-electron chi connectivity index (χ2n) is 5.93. The summed E-state index contributed by atoms with van der Waals surface area (Å²) in [6, 6.07) is 9.25. The van der Waals surface area contributed by atoms with Gasteiger partial charge >= 0.3 is 0 Å². The molecule has 1 N–H and O–H groups in total. The van der Waals surface area contributed by atoms with Crippen LogP contribution in [0.1, 0.15) is 29.3 Å². The van der Waals surface area contributed by atoms with Crippen LogP contribution in [0, 0.1) is 17.2 Å². The fraction of sp³-hybridized carbons (Fsp3) is 0.333. The molecule has 24 heavy (non-hydrogen) atoms. The molecule has 2 aromatic rings. The van der Waals surface area contributed by atoms with Crippen molar-refractivity contribution in [3.8, 4) is 11.8 Å². The third-order valence-electron chi connectivity index (χ3n) is 4.07. The largest absolute Gasteiger partial charge is 0.482 e. The van der Waals surface area contributed by atoms with Gasteiger partial charge in [-0.25, -0.2) is 0 Å². The van der Waals surface area contributed by atoms with E-state index < -0.39 is 0 Å². The Labute approximate surface area is 150 Å². The van der Waals surface area contributed by atoms with Gasteiger partial charge < -0.3 is 10.1 Å². The Balaban J connectivity index is 1.69. The SMILES string of the molecule is C[C@H]1CCc2c(sc(NC(=O)COc3ccccc3Cl)c2C#N)C1. The van der Waals surface area contributed by atoms with Gasteiger partial charge in [-0.3, -0.25) is 4.79 Å². The van der Waals surface area contributed by atoms with Crippen LogP contribution in [-0.2, 0) is 17.6 Å². The maximum atomic E-state index is 12.2. The third kappa shape index (κ3) is 3.55. The van der Waals surface area contributed by atoms with E-state index in [0.717, 1.165) is 24.8 Å². The Morgan fingerprint density at radius 2 is 2.29 bits per heavy atom. The molecule has 0 radical (unpaired) electrons. The Bertz CT molecular complexity index is 810. The lowest BCUT2D eigenvalue weighted by atomic mass is 9.89. The number of fused-ring (bicyclic) bond motifs is 1. The lowest BCUT2D eigenvalue weighted by Crippen LogP contribution is -2.20. The van der Waals surface area contributed by atoms with Crippen molar-refractivity contribution in [2.75, 3.05) is 11.9 Å². The van der Waals surface area contributed by atoms with Crippen LogP contribution in [0.3, 0.4) is 0 Å². The highest BCUT2D eigenvalue weighted by Gasteiger charge is 2.24. The van der Waals surface area contributed by atoms with Crippen LogP contribution in [0.25, 0.3) is 0 Å². The first-order valence-electron chi connectivity index (χ1n) is 7.80. The van der Waals surface area contributed by atoms with Crippen molar-refractivity contribution in [1.29, 1.82) is 5.26 Å². The van der Waals surface area contributed by atoms with Gasteiger partial charge in [-0.15, -0.1) is 11.3 Å². The van der Waals surface area contributed by atoms with Crippen molar-refractivity contribution < 1.29 is 9.53 Å². The zero-order valence-corrected chi connectivity index (χ0v) is 14.8. The Hall–Kier alpha value is -2.03. The number of thiophene rings is 1. The van der Waals surface area contributed by atoms with Crippen LogP contribution in [0.4, 0.5) is 5.00 Å². The number of rotatable bonds is 4. The second-order valence-corrected chi connectivity index (χ2v) is 7.45. The topological polar surface area (TPSA) is 62.1 Å². The molecule has 1 aromatic carbocycles. The maximum absolute atomic E-state index is 12.2. The van der Waals surface area contributed by atoms with Crippen molar-refractivity contribution >= 4 is 33.8 Å². The number of hydrogen-bond acceptors (Lipinski definition) is 4. The normalized spacial score (nSPS) is 16.1. The van der Waals surface area contributed by atoms with Gasteiger partial charge in [0.15, 0.2) is 6.61 Å². The van der Waals surface area contributed by atoms with Gasteiger partial charge in [0, 0.05) is 4.88 Å². The van der Waals surface area contributed by atoms with E-state index in [1.54, 1.807) is 24.3 Å². The van der Waals surface area contributed by atoms with Crippen LogP contribution in [0.5, 0.6) is 5.75 Å². The highest BCUT2D eigenvalue weighted by atomic mass is 35.5. The van der Waals surface area contributed by atoms with Crippen molar-refractivity contribution in [3.63, 3.8) is 0 Å². The molecule has 6 heteroatoms. The Morgan fingerprint density at radius 1 is 1.50 bits per heavy atom. The molecule has 4 nitrogen and oxygen atoms in total. The minimum absolute atomic E-state index is 0.145. The van der Waals surface area contributed by atoms with E-state index in [4.69, 9.17) is 16.3 Å². The van der Waals surface area contributed by atoms with Crippen molar-refractivity contribution in [2.45, 2.75) is 26.2 Å². The van der Waals surface area contributed by atoms with Crippen molar-refractivity contribution in [3.05, 3.63) is 45.3 Å². The lowest BCUT2D eigenvalue weighted by molar-refractivity contribution is -0.118. The predicted molar refractivity (Wildman–Crippen MR) is 95.8 cm³/mol. The van der Waals surface area contributed by atoms with Gasteiger partial charge in [0.1, 0.15) is 16.8 Å². The van der Waals surface area contributed by atoms with Crippen LogP contribution in [0.2, 0.25) is 5.02 Å². The van der Waals surface area contributed by atoms with E-state index in [1.807, 2.05) is 0 Å². The molecule has 0 fully saturated rings. The third-order valence-corrected chi connectivity index (χ3v) is 5.55. The van der Waals surface area contributed by atoms with Gasteiger partial charge in [-0.2, -0.15) is 5.26 Å². The van der Waals surface area contributed by atoms with Crippen LogP contribution < -0.4 is 10.1 Å². The van der Waals surface area contributed by atoms with Crippen LogP contribution >= 0.6 is 22.9 Å². The van der Waals surface area contributed by atoms with E-state index in [-0.39, 0.29) is 12.5 Å². The number of amides is 1. The van der Waals surface area contributed by atoms with Crippen LogP contribution in [0.15, 0.2) is 24.3 Å². The number of carbonyl (C=O) groups excluding carboxylic acids is 1. The summed E-state index contributed by atoms with van der Waals surface area (Å²) < 4.78 is 5.44. The quantitative estimate of drug-likeness (QED) is 0.878. The number of nitriles is 1. The minimum Gasteiger partial charge on any atom is -0.482 e. The standard InChI is InChI=1S/C18H17ClN2O2S/c1-11-6-7-12-13(9-20)18(24-16(12)8-11)21-17(22)10-23-15-5-3-2-4-14(15)19/h2-5,11H,6-8,10H2,1H3,(H,21,22)/t11-/m0/s1. The molecule has 0 saturated carbocycles. The summed E-state index contributed by atoms with van der Waals surface area (Å²) in [5, 5.41) is 13.3. The predicted octanol–water partition coefficient (Wildman–Crippen LogP) is 4.42. The molecule has 0 saturated heterocycles. The first-order chi connectivity index (χ1) is 11.6. The molecular weight excluding hydrogens is 344 g/mol. The number of para-hydroxylation sites is 1. The fourth-order valence-electron chi connectivity index (χ4n) is 2.82. The molecule has 3 rings (SSSR count). The first-order valence-corrected chi connectivity index (χ1v) is 8.99. The lowest BCUT2D eigenvalue weighted by Gasteiger charge is -2.17. The van der Waals surface area contributed by atoms with Gasteiger partial charge in [0.05, 0.1) is 10.6 Å². The second kappa shape index (κ2) is 7.25. The van der Waals surface area contributed by atoms with Gasteiger partial charge in [0.2, 0.25) is 0 Å². The molecule has 1 heterocycles. The number of hydrogen-bond donors (Lipinski definition) is 1. The molecule has 124 valence electrons. The minimum atomic E-state index is -0.293. The number of nitrogens with one attached hydrogen (secondary N) is 1. The maximum Gasteiger partial charge on any atom is 0.262 e. The summed E-state index contributed by atoms with van der Waals surface area (Å²) in [6.07, 6.45) is 2.96. The molecule has 0 bridgehead atoms. The monoisotopic (exact) mass is 360 g/mol. The average Bonchev–Trinajstić information content (AvgIpc) is 2.90. The molecule has 1 aromatic heterocycles. The number of anilines is 1. The molecule has 0 aliphatic heterocycles. The zero-order chi connectivity index (χ0) is 17.1. The smallest absolute Gasteiger partial charge is 0.262 e. The summed E-state index contributed by atoms with van der Waals surface area (Å²) >= 11 is 7.51. The molecule has 0 spiro atoms. The van der Waals surface area contributed by atoms with E-state index in [1.165, 1.54) is 16.2 Å². The van der Waals surface area contributed by atoms with Gasteiger partial charge in [0.25, 0.3) is 5.91 Å². The molecule has 1 amide bonds. The summed E-state index contributed by atoms with van der Waals surface area (Å²) in [4.78, 5) is 13.4. The van der Waals surface area contributed by atoms with Gasteiger partial charge in [-0.05, 0) is 42.9 Å². The fourth-order valence-corrected chi connectivity index (χ4v) is 4.39. The van der Waals surface area contributed by atoms with E-state index in [0.29, 0.717) is 27.3 Å². The Morgan fingerprint density at radius 3 is 3.04 bits per heavy atom. The highest BCUT2D eigenvalue weighted by Crippen LogP contribution is 2.39. The number of halogens is 1. The van der Waals surface area contributed by atoms with Gasteiger partial charge in [-0.1, -0.05) is 30.7 Å². The summed E-state index contributed by atoms with van der Waals surface area (Å²) in [5.41, 5.74) is 1.70. The summed E-state index contributed by atoms with van der Waals surface area (Å²) in [6.45, 7) is 2.07. The highest BCUT2D eigenvalue weighted by molar-refractivity contribution is 7.16.